The Morgan fingerprint density at radius 1 is 1.26 bits per heavy atom. The minimum atomic E-state index is -0.0878. The number of aryl methyl sites for hydroxylation is 1. The molecule has 0 radical (unpaired) electrons. The van der Waals surface area contributed by atoms with Crippen molar-refractivity contribution in [1.82, 2.24) is 20.1 Å². The molecule has 0 aliphatic carbocycles. The van der Waals surface area contributed by atoms with Gasteiger partial charge >= 0.3 is 0 Å². The molecule has 3 heterocycles. The smallest absolute Gasteiger partial charge is 0.267 e. The number of aromatic nitrogens is 1. The molecule has 2 aromatic rings. The highest BCUT2D eigenvalue weighted by Crippen LogP contribution is 2.31. The van der Waals surface area contributed by atoms with Crippen molar-refractivity contribution in [2.24, 2.45) is 7.05 Å². The Morgan fingerprint density at radius 2 is 2.07 bits per heavy atom. The molecule has 0 aromatic carbocycles. The maximum absolute atomic E-state index is 12.5. The lowest BCUT2D eigenvalue weighted by Gasteiger charge is -2.35. The van der Waals surface area contributed by atoms with Crippen molar-refractivity contribution in [3.63, 3.8) is 0 Å². The minimum absolute atomic E-state index is 0.0513. The van der Waals surface area contributed by atoms with E-state index in [0.29, 0.717) is 18.8 Å². The second kappa shape index (κ2) is 8.71. The number of thiophene rings is 1. The average molecular weight is 389 g/mol. The summed E-state index contributed by atoms with van der Waals surface area (Å²) in [4.78, 5) is 28.0. The molecule has 0 bridgehead atoms. The van der Waals surface area contributed by atoms with Crippen molar-refractivity contribution >= 4 is 23.2 Å². The van der Waals surface area contributed by atoms with Crippen LogP contribution >= 0.6 is 11.3 Å². The summed E-state index contributed by atoms with van der Waals surface area (Å²) in [5, 5.41) is 7.78. The predicted molar refractivity (Wildman–Crippen MR) is 108 cm³/mol. The highest BCUT2D eigenvalue weighted by atomic mass is 32.1. The van der Waals surface area contributed by atoms with Crippen LogP contribution in [0.3, 0.4) is 0 Å². The van der Waals surface area contributed by atoms with Gasteiger partial charge in [0.05, 0.1) is 19.1 Å². The van der Waals surface area contributed by atoms with Gasteiger partial charge in [-0.2, -0.15) is 0 Å². The van der Waals surface area contributed by atoms with Crippen molar-refractivity contribution in [3.8, 4) is 0 Å². The molecule has 1 saturated heterocycles. The molecule has 2 aromatic heterocycles. The number of rotatable bonds is 6. The maximum Gasteiger partial charge on any atom is 0.267 e. The van der Waals surface area contributed by atoms with E-state index in [1.54, 1.807) is 18.4 Å². The van der Waals surface area contributed by atoms with Gasteiger partial charge in [-0.05, 0) is 55.5 Å². The van der Waals surface area contributed by atoms with Gasteiger partial charge in [0.25, 0.3) is 5.91 Å². The number of likely N-dealkylation sites (tertiary alicyclic amines) is 1. The molecule has 27 heavy (non-hydrogen) atoms. The van der Waals surface area contributed by atoms with Gasteiger partial charge in [-0.3, -0.25) is 14.5 Å². The van der Waals surface area contributed by atoms with E-state index in [2.05, 4.69) is 33.9 Å². The molecule has 3 rings (SSSR count). The average Bonchev–Trinajstić information content (AvgIpc) is 3.25. The summed E-state index contributed by atoms with van der Waals surface area (Å²) in [6, 6.07) is 6.12. The monoisotopic (exact) mass is 388 g/mol. The Morgan fingerprint density at radius 3 is 2.78 bits per heavy atom. The van der Waals surface area contributed by atoms with E-state index < -0.39 is 0 Å². The van der Waals surface area contributed by atoms with Gasteiger partial charge in [0.1, 0.15) is 5.69 Å². The first kappa shape index (κ1) is 19.6. The van der Waals surface area contributed by atoms with Crippen molar-refractivity contribution in [3.05, 3.63) is 45.4 Å². The second-order valence-electron chi connectivity index (χ2n) is 7.07. The zero-order chi connectivity index (χ0) is 19.4. The van der Waals surface area contributed by atoms with Gasteiger partial charge in [0.15, 0.2) is 0 Å². The van der Waals surface area contributed by atoms with Gasteiger partial charge < -0.3 is 15.2 Å². The second-order valence-corrected chi connectivity index (χ2v) is 8.07. The lowest BCUT2D eigenvalue weighted by molar-refractivity contribution is -0.123. The van der Waals surface area contributed by atoms with Crippen LogP contribution < -0.4 is 10.6 Å². The first-order valence-corrected chi connectivity index (χ1v) is 10.3. The van der Waals surface area contributed by atoms with E-state index in [1.807, 2.05) is 23.7 Å². The molecular weight excluding hydrogens is 360 g/mol. The van der Waals surface area contributed by atoms with Crippen molar-refractivity contribution in [1.29, 1.82) is 0 Å². The lowest BCUT2D eigenvalue weighted by Crippen LogP contribution is -2.42. The molecule has 6 nitrogen and oxygen atoms in total. The van der Waals surface area contributed by atoms with E-state index in [1.165, 1.54) is 10.4 Å². The third-order valence-corrected chi connectivity index (χ3v) is 6.36. The number of nitrogens with one attached hydrogen (secondary N) is 2. The van der Waals surface area contributed by atoms with Crippen LogP contribution in [-0.2, 0) is 18.4 Å². The topological polar surface area (TPSA) is 66.4 Å². The van der Waals surface area contributed by atoms with Crippen LogP contribution in [0.5, 0.6) is 0 Å². The number of hydrogen-bond acceptors (Lipinski definition) is 4. The molecule has 1 atom stereocenters. The molecule has 0 unspecified atom stereocenters. The summed E-state index contributed by atoms with van der Waals surface area (Å²) in [5.74, 6) is -0.0365. The predicted octanol–water partition coefficient (Wildman–Crippen LogP) is 2.60. The number of carbonyl (C=O) groups is 2. The molecule has 2 N–H and O–H groups in total. The number of nitrogens with zero attached hydrogens (tertiary/aromatic N) is 2. The first-order chi connectivity index (χ1) is 13.0. The van der Waals surface area contributed by atoms with Crippen molar-refractivity contribution < 1.29 is 9.59 Å². The minimum Gasteiger partial charge on any atom is -0.354 e. The summed E-state index contributed by atoms with van der Waals surface area (Å²) in [6.45, 7) is 3.94. The van der Waals surface area contributed by atoms with Crippen LogP contribution in [0.1, 0.15) is 51.9 Å². The molecule has 7 heteroatoms. The number of hydrogen-bond donors (Lipinski definition) is 2. The fourth-order valence-corrected chi connectivity index (χ4v) is 4.58. The largest absolute Gasteiger partial charge is 0.354 e. The zero-order valence-electron chi connectivity index (χ0n) is 16.2. The Hall–Kier alpha value is -2.12. The Bertz CT molecular complexity index is 811. The normalized spacial score (nSPS) is 17.7. The molecule has 1 aliphatic heterocycles. The van der Waals surface area contributed by atoms with Gasteiger partial charge in [-0.25, -0.2) is 0 Å². The summed E-state index contributed by atoms with van der Waals surface area (Å²) in [7, 11) is 3.56. The van der Waals surface area contributed by atoms with Crippen LogP contribution in [0, 0.1) is 6.92 Å². The molecule has 1 aliphatic rings. The van der Waals surface area contributed by atoms with E-state index in [9.17, 15) is 9.59 Å². The van der Waals surface area contributed by atoms with E-state index >= 15 is 0 Å². The summed E-state index contributed by atoms with van der Waals surface area (Å²) in [5.41, 5.74) is 2.97. The molecule has 0 spiro atoms. The van der Waals surface area contributed by atoms with Crippen molar-refractivity contribution in [2.45, 2.75) is 38.8 Å². The summed E-state index contributed by atoms with van der Waals surface area (Å²) in [6.07, 6.45) is 3.24. The van der Waals surface area contributed by atoms with Crippen LogP contribution in [0.2, 0.25) is 0 Å². The molecule has 0 saturated carbocycles. The van der Waals surface area contributed by atoms with Gasteiger partial charge in [-0.1, -0.05) is 6.42 Å². The fourth-order valence-electron chi connectivity index (χ4n) is 3.74. The quantitative estimate of drug-likeness (QED) is 0.799. The lowest BCUT2D eigenvalue weighted by atomic mass is 9.99. The van der Waals surface area contributed by atoms with Crippen LogP contribution in [0.15, 0.2) is 23.6 Å². The number of carbonyl (C=O) groups excluding carboxylic acids is 2. The SMILES string of the molecule is CNC(=O)c1ccc([C@@H]2CCCCN2CC(=O)NCc2sccc2C)n1C. The van der Waals surface area contributed by atoms with E-state index in [4.69, 9.17) is 0 Å². The molecule has 146 valence electrons. The Balaban J connectivity index is 1.67. The third kappa shape index (κ3) is 4.42. The molecule has 2 amide bonds. The molecule has 1 fully saturated rings. The van der Waals surface area contributed by atoms with E-state index in [-0.39, 0.29) is 17.9 Å². The third-order valence-electron chi connectivity index (χ3n) is 5.34. The standard InChI is InChI=1S/C20H28N4O2S/c1-14-9-11-27-18(14)12-22-19(25)13-24-10-5-4-6-16(24)15-7-8-17(23(15)3)20(26)21-2/h7-9,11,16H,4-6,10,12-13H2,1-3H3,(H,21,26)(H,22,25)/t16-/m0/s1. The zero-order valence-corrected chi connectivity index (χ0v) is 17.1. The Kier molecular flexibility index (Phi) is 6.34. The first-order valence-electron chi connectivity index (χ1n) is 9.42. The summed E-state index contributed by atoms with van der Waals surface area (Å²) < 4.78 is 1.95. The van der Waals surface area contributed by atoms with Crippen LogP contribution in [-0.4, -0.2) is 41.4 Å². The van der Waals surface area contributed by atoms with Crippen molar-refractivity contribution in [2.75, 3.05) is 20.1 Å². The maximum atomic E-state index is 12.5. The Labute approximate surface area is 164 Å². The fraction of sp³-hybridized carbons (Fsp3) is 0.500. The number of amides is 2. The highest BCUT2D eigenvalue weighted by molar-refractivity contribution is 7.10. The van der Waals surface area contributed by atoms with Gasteiger partial charge in [0.2, 0.25) is 5.91 Å². The van der Waals surface area contributed by atoms with Crippen LogP contribution in [0.4, 0.5) is 0 Å². The highest BCUT2D eigenvalue weighted by Gasteiger charge is 2.28. The van der Waals surface area contributed by atoms with Gasteiger partial charge in [-0.15, -0.1) is 11.3 Å². The summed E-state index contributed by atoms with van der Waals surface area (Å²) >= 11 is 1.68. The molecular formula is C20H28N4O2S. The van der Waals surface area contributed by atoms with Crippen LogP contribution in [0.25, 0.3) is 0 Å². The van der Waals surface area contributed by atoms with Gasteiger partial charge in [0, 0.05) is 24.7 Å². The van der Waals surface area contributed by atoms with E-state index in [0.717, 1.165) is 31.5 Å². The number of piperidine rings is 1.